The van der Waals surface area contributed by atoms with Crippen LogP contribution in [-0.2, 0) is 26.2 Å². The van der Waals surface area contributed by atoms with Crippen molar-refractivity contribution in [3.05, 3.63) is 63.6 Å². The van der Waals surface area contributed by atoms with E-state index in [2.05, 4.69) is 5.32 Å². The number of anilines is 1. The van der Waals surface area contributed by atoms with E-state index in [1.807, 2.05) is 45.0 Å². The van der Waals surface area contributed by atoms with E-state index < -0.39 is 28.5 Å². The molecule has 0 aliphatic heterocycles. The highest BCUT2D eigenvalue weighted by Gasteiger charge is 2.30. The molecule has 2 rings (SSSR count). The van der Waals surface area contributed by atoms with Gasteiger partial charge in [0, 0.05) is 12.6 Å². The molecule has 0 saturated carbocycles. The average molecular weight is 529 g/mol. The Morgan fingerprint density at radius 1 is 1.06 bits per heavy atom. The van der Waals surface area contributed by atoms with Crippen LogP contribution in [0.25, 0.3) is 0 Å². The Morgan fingerprint density at radius 2 is 1.74 bits per heavy atom. The van der Waals surface area contributed by atoms with Crippen molar-refractivity contribution in [2.75, 3.05) is 17.1 Å². The smallest absolute Gasteiger partial charge is 0.244 e. The normalized spacial score (nSPS) is 13.1. The lowest BCUT2D eigenvalue weighted by molar-refractivity contribution is -0.139. The molecule has 0 saturated heterocycles. The van der Waals surface area contributed by atoms with Crippen LogP contribution >= 0.6 is 23.2 Å². The number of sulfonamides is 1. The van der Waals surface area contributed by atoms with E-state index in [0.29, 0.717) is 0 Å². The molecule has 2 aromatic rings. The second-order valence-electron chi connectivity index (χ2n) is 8.37. The van der Waals surface area contributed by atoms with Crippen molar-refractivity contribution in [2.45, 2.75) is 52.7 Å². The molecule has 0 spiro atoms. The van der Waals surface area contributed by atoms with Gasteiger partial charge in [0.25, 0.3) is 0 Å². The summed E-state index contributed by atoms with van der Waals surface area (Å²) in [6.45, 7) is 7.05. The lowest BCUT2D eigenvalue weighted by Gasteiger charge is -2.32. The molecule has 186 valence electrons. The van der Waals surface area contributed by atoms with Gasteiger partial charge in [-0.3, -0.25) is 13.9 Å². The van der Waals surface area contributed by atoms with Crippen molar-refractivity contribution < 1.29 is 18.0 Å². The van der Waals surface area contributed by atoms with Crippen LogP contribution in [0.5, 0.6) is 0 Å². The van der Waals surface area contributed by atoms with Gasteiger partial charge in [-0.1, -0.05) is 60.0 Å². The summed E-state index contributed by atoms with van der Waals surface area (Å²) in [4.78, 5) is 27.8. The van der Waals surface area contributed by atoms with Gasteiger partial charge in [0.2, 0.25) is 21.8 Å². The minimum absolute atomic E-state index is 0.0606. The molecule has 2 amide bonds. The van der Waals surface area contributed by atoms with E-state index >= 15 is 0 Å². The highest BCUT2D eigenvalue weighted by molar-refractivity contribution is 7.92. The minimum Gasteiger partial charge on any atom is -0.352 e. The highest BCUT2D eigenvalue weighted by atomic mass is 35.5. The summed E-state index contributed by atoms with van der Waals surface area (Å²) in [5.74, 6) is -0.833. The van der Waals surface area contributed by atoms with Gasteiger partial charge in [-0.2, -0.15) is 0 Å². The average Bonchev–Trinajstić information content (AvgIpc) is 2.76. The molecule has 1 N–H and O–H groups in total. The van der Waals surface area contributed by atoms with E-state index in [4.69, 9.17) is 23.2 Å². The number of halogens is 2. The second-order valence-corrected chi connectivity index (χ2v) is 11.1. The van der Waals surface area contributed by atoms with Crippen LogP contribution in [0.2, 0.25) is 10.0 Å². The molecule has 0 fully saturated rings. The Labute approximate surface area is 212 Å². The summed E-state index contributed by atoms with van der Waals surface area (Å²) in [5, 5.41) is 3.32. The largest absolute Gasteiger partial charge is 0.352 e. The maximum Gasteiger partial charge on any atom is 0.244 e. The van der Waals surface area contributed by atoms with Crippen molar-refractivity contribution in [3.8, 4) is 0 Å². The highest BCUT2D eigenvalue weighted by Crippen LogP contribution is 2.28. The Kier molecular flexibility index (Phi) is 9.79. The summed E-state index contributed by atoms with van der Waals surface area (Å²) in [6.07, 6.45) is 1.75. The van der Waals surface area contributed by atoms with Crippen molar-refractivity contribution in [3.63, 3.8) is 0 Å². The molecule has 0 aliphatic rings. The molecule has 0 bridgehead atoms. The molecule has 0 heterocycles. The minimum atomic E-state index is -3.84. The number of nitrogens with zero attached hydrogens (tertiary/aromatic N) is 2. The number of carbonyl (C=O) groups is 2. The molecule has 0 aliphatic carbocycles. The maximum atomic E-state index is 13.5. The molecule has 7 nitrogen and oxygen atoms in total. The standard InChI is InChI=1S/C24H31Cl2N3O4S/c1-6-17(3)27-24(31)18(4)28(14-19-9-7-8-16(2)12-19)23(30)15-29(34(5,32)33)20-10-11-21(25)22(26)13-20/h7-13,17-18H,6,14-15H2,1-5H3,(H,27,31)/t17-,18+/m0/s1. The quantitative estimate of drug-likeness (QED) is 0.495. The third kappa shape index (κ3) is 7.61. The molecule has 0 aromatic heterocycles. The van der Waals surface area contributed by atoms with E-state index in [1.54, 1.807) is 6.92 Å². The van der Waals surface area contributed by atoms with E-state index in [-0.39, 0.29) is 34.2 Å². The summed E-state index contributed by atoms with van der Waals surface area (Å²) in [7, 11) is -3.84. The molecule has 2 atom stereocenters. The lowest BCUT2D eigenvalue weighted by atomic mass is 10.1. The molecule has 0 radical (unpaired) electrons. The first-order chi connectivity index (χ1) is 15.8. The van der Waals surface area contributed by atoms with Gasteiger partial charge in [-0.05, 0) is 51.0 Å². The molecule has 2 aromatic carbocycles. The van der Waals surface area contributed by atoms with E-state index in [1.165, 1.54) is 23.1 Å². The van der Waals surface area contributed by atoms with E-state index in [9.17, 15) is 18.0 Å². The topological polar surface area (TPSA) is 86.8 Å². The summed E-state index contributed by atoms with van der Waals surface area (Å²) in [5.41, 5.74) is 2.05. The molecule has 0 unspecified atom stereocenters. The second kappa shape index (κ2) is 11.9. The monoisotopic (exact) mass is 527 g/mol. The first-order valence-corrected chi connectivity index (χ1v) is 13.5. The number of hydrogen-bond acceptors (Lipinski definition) is 4. The fourth-order valence-corrected chi connectivity index (χ4v) is 4.44. The number of rotatable bonds is 10. The van der Waals surface area contributed by atoms with Crippen LogP contribution in [-0.4, -0.2) is 50.0 Å². The number of nitrogens with one attached hydrogen (secondary N) is 1. The van der Waals surface area contributed by atoms with Crippen LogP contribution in [0, 0.1) is 6.92 Å². The Hall–Kier alpha value is -2.29. The van der Waals surface area contributed by atoms with Crippen molar-refractivity contribution in [1.29, 1.82) is 0 Å². The number of aryl methyl sites for hydroxylation is 1. The van der Waals surface area contributed by atoms with Crippen LogP contribution in [0.15, 0.2) is 42.5 Å². The van der Waals surface area contributed by atoms with Crippen LogP contribution in [0.4, 0.5) is 5.69 Å². The van der Waals surface area contributed by atoms with Gasteiger partial charge >= 0.3 is 0 Å². The third-order valence-electron chi connectivity index (χ3n) is 5.47. The van der Waals surface area contributed by atoms with Crippen LogP contribution in [0.3, 0.4) is 0 Å². The number of benzene rings is 2. The predicted octanol–water partition coefficient (Wildman–Crippen LogP) is 4.40. The van der Waals surface area contributed by atoms with Gasteiger partial charge in [-0.15, -0.1) is 0 Å². The first kappa shape index (κ1) is 28.0. The van der Waals surface area contributed by atoms with Crippen molar-refractivity contribution >= 4 is 50.7 Å². The number of hydrogen-bond donors (Lipinski definition) is 1. The summed E-state index contributed by atoms with van der Waals surface area (Å²) < 4.78 is 26.1. The molecular weight excluding hydrogens is 497 g/mol. The van der Waals surface area contributed by atoms with Gasteiger partial charge in [0.15, 0.2) is 0 Å². The zero-order valence-corrected chi connectivity index (χ0v) is 22.3. The number of amides is 2. The van der Waals surface area contributed by atoms with Gasteiger partial charge < -0.3 is 10.2 Å². The Morgan fingerprint density at radius 3 is 2.29 bits per heavy atom. The fourth-order valence-electron chi connectivity index (χ4n) is 3.31. The maximum absolute atomic E-state index is 13.5. The zero-order valence-electron chi connectivity index (χ0n) is 20.0. The van der Waals surface area contributed by atoms with E-state index in [0.717, 1.165) is 28.1 Å². The third-order valence-corrected chi connectivity index (χ3v) is 7.35. The SMILES string of the molecule is CC[C@H](C)NC(=O)[C@@H](C)N(Cc1cccc(C)c1)C(=O)CN(c1ccc(Cl)c(Cl)c1)S(C)(=O)=O. The van der Waals surface area contributed by atoms with Crippen LogP contribution in [0.1, 0.15) is 38.3 Å². The van der Waals surface area contributed by atoms with Gasteiger partial charge in [0.05, 0.1) is 22.0 Å². The first-order valence-electron chi connectivity index (χ1n) is 10.9. The Balaban J connectivity index is 2.41. The van der Waals surface area contributed by atoms with Gasteiger partial charge in [-0.25, -0.2) is 8.42 Å². The molecule has 10 heteroatoms. The Bertz CT molecular complexity index is 1140. The van der Waals surface area contributed by atoms with Crippen molar-refractivity contribution in [1.82, 2.24) is 10.2 Å². The molecule has 34 heavy (non-hydrogen) atoms. The zero-order chi connectivity index (χ0) is 25.6. The summed E-state index contributed by atoms with van der Waals surface area (Å²) >= 11 is 12.1. The summed E-state index contributed by atoms with van der Waals surface area (Å²) in [6, 6.07) is 11.0. The van der Waals surface area contributed by atoms with Gasteiger partial charge in [0.1, 0.15) is 12.6 Å². The lowest BCUT2D eigenvalue weighted by Crippen LogP contribution is -2.52. The van der Waals surface area contributed by atoms with Crippen molar-refractivity contribution in [2.24, 2.45) is 0 Å². The fraction of sp³-hybridized carbons (Fsp3) is 0.417. The van der Waals surface area contributed by atoms with Crippen LogP contribution < -0.4 is 9.62 Å². The predicted molar refractivity (Wildman–Crippen MR) is 138 cm³/mol. The number of carbonyl (C=O) groups excluding carboxylic acids is 2. The molecular formula is C24H31Cl2N3O4S.